The molecule has 3 N–H and O–H groups in total. The van der Waals surface area contributed by atoms with E-state index in [1.54, 1.807) is 43.3 Å². The molecule has 1 aliphatic heterocycles. The third kappa shape index (κ3) is 3.74. The standard InChI is InChI=1S/C21H18Cl2N4O3/c1-10-19(21(29)25-12-4-6-16-14(8-12)20(23)27-26-16)13(9-18(28)24-10)11-3-5-15(22)17(7-11)30-2/h3-8,13H,9H2,1-2H3,(H,24,28)(H,25,29)(H,26,27). The summed E-state index contributed by atoms with van der Waals surface area (Å²) < 4.78 is 5.30. The number of ether oxygens (including phenoxy) is 1. The SMILES string of the molecule is COc1cc(C2CC(=O)NC(C)=C2C(=O)Nc2ccc3n[nH]c(Cl)c3c2)ccc1Cl. The van der Waals surface area contributed by atoms with E-state index in [-0.39, 0.29) is 18.2 Å². The van der Waals surface area contributed by atoms with Crippen LogP contribution >= 0.6 is 23.2 Å². The zero-order chi connectivity index (χ0) is 21.4. The van der Waals surface area contributed by atoms with Crippen LogP contribution in [0.5, 0.6) is 5.75 Å². The zero-order valence-electron chi connectivity index (χ0n) is 16.2. The minimum absolute atomic E-state index is 0.136. The van der Waals surface area contributed by atoms with Gasteiger partial charge in [0.05, 0.1) is 17.6 Å². The highest BCUT2D eigenvalue weighted by molar-refractivity contribution is 6.34. The van der Waals surface area contributed by atoms with Crippen molar-refractivity contribution < 1.29 is 14.3 Å². The molecule has 0 saturated carbocycles. The number of aromatic nitrogens is 2. The number of H-pyrrole nitrogens is 1. The molecule has 2 heterocycles. The first-order valence-corrected chi connectivity index (χ1v) is 9.92. The predicted octanol–water partition coefficient (Wildman–Crippen LogP) is 4.39. The number of carbonyl (C=O) groups is 2. The van der Waals surface area contributed by atoms with Crippen LogP contribution in [0.25, 0.3) is 10.9 Å². The van der Waals surface area contributed by atoms with Crippen molar-refractivity contribution >= 4 is 51.6 Å². The average Bonchev–Trinajstić information content (AvgIpc) is 3.08. The number of anilines is 1. The van der Waals surface area contributed by atoms with Crippen LogP contribution in [0.2, 0.25) is 10.2 Å². The Kier molecular flexibility index (Phi) is 5.40. The summed E-state index contributed by atoms with van der Waals surface area (Å²) in [7, 11) is 1.52. The number of carbonyl (C=O) groups excluding carboxylic acids is 2. The highest BCUT2D eigenvalue weighted by atomic mass is 35.5. The van der Waals surface area contributed by atoms with Gasteiger partial charge in [-0.15, -0.1) is 0 Å². The Hall–Kier alpha value is -3.03. The summed E-state index contributed by atoms with van der Waals surface area (Å²) in [5.74, 6) is -0.427. The summed E-state index contributed by atoms with van der Waals surface area (Å²) in [4.78, 5) is 25.4. The van der Waals surface area contributed by atoms with Crippen molar-refractivity contribution in [2.45, 2.75) is 19.3 Å². The summed E-state index contributed by atoms with van der Waals surface area (Å²) >= 11 is 12.2. The topological polar surface area (TPSA) is 96.1 Å². The first-order valence-electron chi connectivity index (χ1n) is 9.16. The predicted molar refractivity (Wildman–Crippen MR) is 116 cm³/mol. The first kappa shape index (κ1) is 20.3. The number of halogens is 2. The fourth-order valence-corrected chi connectivity index (χ4v) is 4.03. The normalized spacial score (nSPS) is 16.5. The third-order valence-corrected chi connectivity index (χ3v) is 5.66. The summed E-state index contributed by atoms with van der Waals surface area (Å²) in [6.45, 7) is 1.71. The third-order valence-electron chi connectivity index (χ3n) is 5.06. The lowest BCUT2D eigenvalue weighted by molar-refractivity contribution is -0.121. The van der Waals surface area contributed by atoms with Crippen molar-refractivity contribution in [2.75, 3.05) is 12.4 Å². The smallest absolute Gasteiger partial charge is 0.253 e. The van der Waals surface area contributed by atoms with Gasteiger partial charge in [0.25, 0.3) is 5.91 Å². The van der Waals surface area contributed by atoms with Gasteiger partial charge in [-0.2, -0.15) is 5.10 Å². The molecule has 0 radical (unpaired) electrons. The molecule has 1 aliphatic rings. The second kappa shape index (κ2) is 8.01. The van der Waals surface area contributed by atoms with Crippen molar-refractivity contribution in [1.29, 1.82) is 0 Å². The lowest BCUT2D eigenvalue weighted by Crippen LogP contribution is -2.35. The number of hydrogen-bond donors (Lipinski definition) is 3. The summed E-state index contributed by atoms with van der Waals surface area (Å²) in [5, 5.41) is 14.0. The molecule has 4 rings (SSSR count). The Morgan fingerprint density at radius 3 is 2.80 bits per heavy atom. The largest absolute Gasteiger partial charge is 0.495 e. The molecule has 154 valence electrons. The number of amides is 2. The van der Waals surface area contributed by atoms with Crippen molar-refractivity contribution in [1.82, 2.24) is 15.5 Å². The number of benzene rings is 2. The maximum absolute atomic E-state index is 13.2. The molecule has 1 atom stereocenters. The second-order valence-corrected chi connectivity index (χ2v) is 7.75. The van der Waals surface area contributed by atoms with Gasteiger partial charge < -0.3 is 15.4 Å². The molecule has 1 aromatic heterocycles. The van der Waals surface area contributed by atoms with Crippen LogP contribution in [-0.4, -0.2) is 29.1 Å². The lowest BCUT2D eigenvalue weighted by atomic mass is 9.84. The number of nitrogens with one attached hydrogen (secondary N) is 3. The number of nitrogens with zero attached hydrogens (tertiary/aromatic N) is 1. The van der Waals surface area contributed by atoms with Gasteiger partial charge >= 0.3 is 0 Å². The van der Waals surface area contributed by atoms with E-state index in [2.05, 4.69) is 20.8 Å². The van der Waals surface area contributed by atoms with Gasteiger partial charge in [-0.3, -0.25) is 14.7 Å². The van der Waals surface area contributed by atoms with Crippen LogP contribution in [-0.2, 0) is 9.59 Å². The Morgan fingerprint density at radius 1 is 1.23 bits per heavy atom. The van der Waals surface area contributed by atoms with Gasteiger partial charge in [-0.1, -0.05) is 29.3 Å². The molecule has 2 amide bonds. The summed E-state index contributed by atoms with van der Waals surface area (Å²) in [6, 6.07) is 10.5. The van der Waals surface area contributed by atoms with E-state index >= 15 is 0 Å². The highest BCUT2D eigenvalue weighted by Crippen LogP contribution is 2.37. The molecule has 0 fully saturated rings. The Balaban J connectivity index is 1.69. The van der Waals surface area contributed by atoms with E-state index < -0.39 is 5.92 Å². The van der Waals surface area contributed by atoms with Gasteiger partial charge in [0.15, 0.2) is 0 Å². The van der Waals surface area contributed by atoms with Crippen molar-refractivity contribution in [2.24, 2.45) is 0 Å². The highest BCUT2D eigenvalue weighted by Gasteiger charge is 2.32. The zero-order valence-corrected chi connectivity index (χ0v) is 17.7. The monoisotopic (exact) mass is 444 g/mol. The number of allylic oxidation sites excluding steroid dienone is 1. The van der Waals surface area contributed by atoms with Gasteiger partial charge in [-0.25, -0.2) is 0 Å². The molecule has 0 spiro atoms. The number of methoxy groups -OCH3 is 1. The fraction of sp³-hybridized carbons (Fsp3) is 0.190. The van der Waals surface area contributed by atoms with Crippen LogP contribution in [0.4, 0.5) is 5.69 Å². The molecule has 30 heavy (non-hydrogen) atoms. The van der Waals surface area contributed by atoms with Crippen LogP contribution in [0.15, 0.2) is 47.7 Å². The summed E-state index contributed by atoms with van der Waals surface area (Å²) in [6.07, 6.45) is 0.136. The second-order valence-electron chi connectivity index (χ2n) is 6.96. The van der Waals surface area contributed by atoms with E-state index in [1.165, 1.54) is 7.11 Å². The molecule has 3 aromatic rings. The number of aromatic amines is 1. The number of fused-ring (bicyclic) bond motifs is 1. The van der Waals surface area contributed by atoms with Crippen LogP contribution < -0.4 is 15.4 Å². The number of rotatable bonds is 4. The minimum Gasteiger partial charge on any atom is -0.495 e. The molecular weight excluding hydrogens is 427 g/mol. The Morgan fingerprint density at radius 2 is 2.03 bits per heavy atom. The Bertz CT molecular complexity index is 1200. The van der Waals surface area contributed by atoms with Crippen molar-refractivity contribution in [3.8, 4) is 5.75 Å². The first-order chi connectivity index (χ1) is 14.4. The van der Waals surface area contributed by atoms with Crippen molar-refractivity contribution in [3.05, 3.63) is 63.4 Å². The van der Waals surface area contributed by atoms with E-state index in [4.69, 9.17) is 27.9 Å². The van der Waals surface area contributed by atoms with Gasteiger partial charge in [0, 0.05) is 34.7 Å². The van der Waals surface area contributed by atoms with Crippen molar-refractivity contribution in [3.63, 3.8) is 0 Å². The van der Waals surface area contributed by atoms with Gasteiger partial charge in [0.1, 0.15) is 10.9 Å². The maximum atomic E-state index is 13.2. The van der Waals surface area contributed by atoms with E-state index in [9.17, 15) is 9.59 Å². The molecule has 0 saturated heterocycles. The lowest BCUT2D eigenvalue weighted by Gasteiger charge is -2.27. The molecule has 0 bridgehead atoms. The summed E-state index contributed by atoms with van der Waals surface area (Å²) in [5.41, 5.74) is 3.01. The average molecular weight is 445 g/mol. The fourth-order valence-electron chi connectivity index (χ4n) is 3.64. The Labute approximate surface area is 182 Å². The van der Waals surface area contributed by atoms with Gasteiger partial charge in [-0.05, 0) is 42.8 Å². The van der Waals surface area contributed by atoms with E-state index in [0.717, 1.165) is 5.56 Å². The molecule has 1 unspecified atom stereocenters. The van der Waals surface area contributed by atoms with E-state index in [1.807, 2.05) is 0 Å². The maximum Gasteiger partial charge on any atom is 0.253 e. The molecule has 7 nitrogen and oxygen atoms in total. The minimum atomic E-state index is -0.439. The van der Waals surface area contributed by atoms with Crippen LogP contribution in [0.1, 0.15) is 24.8 Å². The molecule has 0 aliphatic carbocycles. The molecule has 9 heteroatoms. The molecule has 2 aromatic carbocycles. The van der Waals surface area contributed by atoms with Crippen LogP contribution in [0, 0.1) is 0 Å². The number of hydrogen-bond acceptors (Lipinski definition) is 4. The van der Waals surface area contributed by atoms with Crippen LogP contribution in [0.3, 0.4) is 0 Å². The molecular formula is C21H18Cl2N4O3. The van der Waals surface area contributed by atoms with Gasteiger partial charge in [0.2, 0.25) is 5.91 Å². The quantitative estimate of drug-likeness (QED) is 0.555. The van der Waals surface area contributed by atoms with E-state index in [0.29, 0.717) is 43.8 Å².